The predicted molar refractivity (Wildman–Crippen MR) is 125 cm³/mol. The van der Waals surface area contributed by atoms with E-state index in [0.29, 0.717) is 23.7 Å². The van der Waals surface area contributed by atoms with Crippen LogP contribution in [-0.4, -0.2) is 16.6 Å². The molecule has 0 bridgehead atoms. The quantitative estimate of drug-likeness (QED) is 0.298. The molecule has 0 spiro atoms. The Morgan fingerprint density at radius 1 is 0.750 bits per heavy atom. The number of rotatable bonds is 8. The van der Waals surface area contributed by atoms with Gasteiger partial charge in [-0.15, -0.1) is 0 Å². The summed E-state index contributed by atoms with van der Waals surface area (Å²) in [4.78, 5) is 9.36. The van der Waals surface area contributed by atoms with Gasteiger partial charge in [-0.3, -0.25) is 0 Å². The molecule has 158 valence electrons. The van der Waals surface area contributed by atoms with Crippen LogP contribution in [-0.2, 0) is 0 Å². The van der Waals surface area contributed by atoms with E-state index in [4.69, 9.17) is 14.5 Å². The molecule has 0 unspecified atom stereocenters. The summed E-state index contributed by atoms with van der Waals surface area (Å²) in [5, 5.41) is 9.74. The minimum absolute atomic E-state index is 0.131. The van der Waals surface area contributed by atoms with Crippen LogP contribution in [0.3, 0.4) is 0 Å². The number of benzene rings is 3. The van der Waals surface area contributed by atoms with Gasteiger partial charge in [-0.2, -0.15) is 5.26 Å². The molecule has 1 aromatic heterocycles. The average Bonchev–Trinajstić information content (AvgIpc) is 2.86. The van der Waals surface area contributed by atoms with Gasteiger partial charge in [0.05, 0.1) is 12.3 Å². The van der Waals surface area contributed by atoms with Crippen LogP contribution in [0.1, 0.15) is 25.5 Å². The second-order valence-corrected chi connectivity index (χ2v) is 7.19. The third kappa shape index (κ3) is 4.93. The number of hydrogen-bond acceptors (Lipinski definition) is 5. The van der Waals surface area contributed by atoms with Gasteiger partial charge in [-0.25, -0.2) is 9.97 Å². The van der Waals surface area contributed by atoms with Gasteiger partial charge in [0.15, 0.2) is 0 Å². The van der Waals surface area contributed by atoms with E-state index >= 15 is 0 Å². The highest BCUT2D eigenvalue weighted by Crippen LogP contribution is 2.33. The maximum atomic E-state index is 9.74. The molecule has 0 fully saturated rings. The number of ether oxygens (including phenoxy) is 2. The standard InChI is InChI=1S/C27H23N3O2/c1-2-3-18-31-22-14-16-23(17-15-22)32-27-24(19-28)29-25(20-10-6-4-7-11-20)26(30-27)21-12-8-5-9-13-21/h4-17H,2-3,18H2,1H3. The molecule has 5 heteroatoms. The Labute approximate surface area is 187 Å². The Morgan fingerprint density at radius 3 is 1.88 bits per heavy atom. The second-order valence-electron chi connectivity index (χ2n) is 7.19. The van der Waals surface area contributed by atoms with Crippen LogP contribution < -0.4 is 9.47 Å². The van der Waals surface area contributed by atoms with Crippen LogP contribution in [0, 0.1) is 11.3 Å². The summed E-state index contributed by atoms with van der Waals surface area (Å²) in [6, 6.07) is 28.9. The Balaban J connectivity index is 1.71. The average molecular weight is 422 g/mol. The molecule has 0 aliphatic heterocycles. The summed E-state index contributed by atoms with van der Waals surface area (Å²) in [5.74, 6) is 1.51. The van der Waals surface area contributed by atoms with E-state index < -0.39 is 0 Å². The molecule has 0 aliphatic carbocycles. The van der Waals surface area contributed by atoms with E-state index in [1.54, 1.807) is 12.1 Å². The van der Waals surface area contributed by atoms with Crippen molar-refractivity contribution in [3.63, 3.8) is 0 Å². The van der Waals surface area contributed by atoms with Gasteiger partial charge in [0.1, 0.15) is 23.3 Å². The molecule has 0 saturated carbocycles. The molecule has 0 atom stereocenters. The summed E-state index contributed by atoms with van der Waals surface area (Å²) in [7, 11) is 0. The van der Waals surface area contributed by atoms with Crippen molar-refractivity contribution in [2.45, 2.75) is 19.8 Å². The molecule has 0 radical (unpaired) electrons. The molecular formula is C27H23N3O2. The first-order valence-electron chi connectivity index (χ1n) is 10.6. The van der Waals surface area contributed by atoms with Crippen molar-refractivity contribution in [1.29, 1.82) is 5.26 Å². The lowest BCUT2D eigenvalue weighted by Crippen LogP contribution is -2.01. The monoisotopic (exact) mass is 421 g/mol. The number of aromatic nitrogens is 2. The van der Waals surface area contributed by atoms with Gasteiger partial charge < -0.3 is 9.47 Å². The second kappa shape index (κ2) is 10.2. The highest BCUT2D eigenvalue weighted by atomic mass is 16.5. The zero-order valence-electron chi connectivity index (χ0n) is 17.9. The van der Waals surface area contributed by atoms with Crippen LogP contribution in [0.5, 0.6) is 17.4 Å². The Morgan fingerprint density at radius 2 is 1.31 bits per heavy atom. The van der Waals surface area contributed by atoms with Crippen molar-refractivity contribution in [2.24, 2.45) is 0 Å². The normalized spacial score (nSPS) is 10.4. The fourth-order valence-electron chi connectivity index (χ4n) is 3.21. The first-order chi connectivity index (χ1) is 15.8. The minimum Gasteiger partial charge on any atom is -0.494 e. The molecule has 4 aromatic rings. The third-order valence-electron chi connectivity index (χ3n) is 4.87. The lowest BCUT2D eigenvalue weighted by Gasteiger charge is -2.13. The molecule has 5 nitrogen and oxygen atoms in total. The van der Waals surface area contributed by atoms with Gasteiger partial charge in [-0.1, -0.05) is 74.0 Å². The maximum Gasteiger partial charge on any atom is 0.257 e. The molecule has 3 aromatic carbocycles. The van der Waals surface area contributed by atoms with Gasteiger partial charge in [-0.05, 0) is 30.7 Å². The van der Waals surface area contributed by atoms with Gasteiger partial charge in [0.25, 0.3) is 5.88 Å². The largest absolute Gasteiger partial charge is 0.494 e. The molecule has 32 heavy (non-hydrogen) atoms. The van der Waals surface area contributed by atoms with Gasteiger partial charge >= 0.3 is 0 Å². The first kappa shape index (κ1) is 21.1. The summed E-state index contributed by atoms with van der Waals surface area (Å²) in [5.41, 5.74) is 3.21. The van der Waals surface area contributed by atoms with E-state index in [1.165, 1.54) is 0 Å². The lowest BCUT2D eigenvalue weighted by molar-refractivity contribution is 0.309. The fraction of sp³-hybridized carbons (Fsp3) is 0.148. The van der Waals surface area contributed by atoms with E-state index in [9.17, 15) is 5.26 Å². The van der Waals surface area contributed by atoms with Crippen molar-refractivity contribution in [3.05, 3.63) is 90.6 Å². The molecule has 0 N–H and O–H groups in total. The smallest absolute Gasteiger partial charge is 0.257 e. The van der Waals surface area contributed by atoms with Crippen LogP contribution in [0.4, 0.5) is 0 Å². The topological polar surface area (TPSA) is 68.0 Å². The van der Waals surface area contributed by atoms with Gasteiger partial charge in [0.2, 0.25) is 5.69 Å². The van der Waals surface area contributed by atoms with E-state index in [1.807, 2.05) is 72.8 Å². The van der Waals surface area contributed by atoms with Crippen LogP contribution in [0.25, 0.3) is 22.5 Å². The molecule has 0 amide bonds. The highest BCUT2D eigenvalue weighted by molar-refractivity contribution is 5.78. The minimum atomic E-state index is 0.131. The van der Waals surface area contributed by atoms with Crippen molar-refractivity contribution in [1.82, 2.24) is 9.97 Å². The van der Waals surface area contributed by atoms with E-state index in [0.717, 1.165) is 29.7 Å². The summed E-state index contributed by atoms with van der Waals surface area (Å²) in [6.07, 6.45) is 2.09. The maximum absolute atomic E-state index is 9.74. The molecular weight excluding hydrogens is 398 g/mol. The van der Waals surface area contributed by atoms with Crippen molar-refractivity contribution >= 4 is 0 Å². The fourth-order valence-corrected chi connectivity index (χ4v) is 3.21. The molecule has 1 heterocycles. The molecule has 0 aliphatic rings. The summed E-state index contributed by atoms with van der Waals surface area (Å²) >= 11 is 0. The molecule has 4 rings (SSSR count). The summed E-state index contributed by atoms with van der Waals surface area (Å²) < 4.78 is 11.7. The van der Waals surface area contributed by atoms with Crippen molar-refractivity contribution in [3.8, 4) is 46.0 Å². The Kier molecular flexibility index (Phi) is 6.74. The highest BCUT2D eigenvalue weighted by Gasteiger charge is 2.18. The zero-order chi connectivity index (χ0) is 22.2. The van der Waals surface area contributed by atoms with Crippen molar-refractivity contribution in [2.75, 3.05) is 6.61 Å². The van der Waals surface area contributed by atoms with Crippen LogP contribution >= 0.6 is 0 Å². The molecule has 0 saturated heterocycles. The van der Waals surface area contributed by atoms with E-state index in [2.05, 4.69) is 18.0 Å². The number of nitriles is 1. The first-order valence-corrected chi connectivity index (χ1v) is 10.6. The number of nitrogens with zero attached hydrogens (tertiary/aromatic N) is 3. The van der Waals surface area contributed by atoms with Crippen LogP contribution in [0.2, 0.25) is 0 Å². The third-order valence-corrected chi connectivity index (χ3v) is 4.87. The lowest BCUT2D eigenvalue weighted by atomic mass is 10.0. The predicted octanol–water partition coefficient (Wildman–Crippen LogP) is 6.65. The van der Waals surface area contributed by atoms with Crippen molar-refractivity contribution < 1.29 is 9.47 Å². The van der Waals surface area contributed by atoms with Gasteiger partial charge in [0, 0.05) is 11.1 Å². The zero-order valence-corrected chi connectivity index (χ0v) is 17.9. The SMILES string of the molecule is CCCCOc1ccc(Oc2nc(-c3ccccc3)c(-c3ccccc3)nc2C#N)cc1. The summed E-state index contributed by atoms with van der Waals surface area (Å²) in [6.45, 7) is 2.81. The Bertz CT molecular complexity index is 1200. The number of unbranched alkanes of at least 4 members (excludes halogenated alkanes) is 1. The van der Waals surface area contributed by atoms with E-state index in [-0.39, 0.29) is 11.6 Å². The Hall–Kier alpha value is -4.17. The number of hydrogen-bond donors (Lipinski definition) is 0. The van der Waals surface area contributed by atoms with Crippen LogP contribution in [0.15, 0.2) is 84.9 Å².